The van der Waals surface area contributed by atoms with Crippen LogP contribution in [0.25, 0.3) is 10.9 Å². The zero-order chi connectivity index (χ0) is 20.8. The zero-order valence-corrected chi connectivity index (χ0v) is 17.4. The van der Waals surface area contributed by atoms with E-state index in [1.165, 1.54) is 5.69 Å². The van der Waals surface area contributed by atoms with Crippen molar-refractivity contribution < 1.29 is 4.74 Å². The van der Waals surface area contributed by atoms with Crippen molar-refractivity contribution >= 4 is 16.6 Å². The Morgan fingerprint density at radius 3 is 2.57 bits per heavy atom. The molecular weight excluding hydrogens is 374 g/mol. The van der Waals surface area contributed by atoms with Crippen LogP contribution in [0.4, 0.5) is 5.69 Å². The number of fused-ring (bicyclic) bond motifs is 1. The number of aromatic nitrogens is 1. The Morgan fingerprint density at radius 1 is 1.00 bits per heavy atom. The predicted octanol–water partition coefficient (Wildman–Crippen LogP) is 3.49. The standard InChI is InChI=1S/C25H27N3O2/c1-2-4-20-5-8-22(9-6-20)28-16-14-27(15-17-28)13-3-18-30-23-10-11-24-21(19-23)7-12-25(29)26-24/h5-12,19H,3,13-18H2,1H3,(H,26,29). The SMILES string of the molecule is CC#Cc1ccc(N2CCN(CCCOc3ccc4[nH]c(=O)ccc4c3)CC2)cc1. The van der Waals surface area contributed by atoms with Gasteiger partial charge in [-0.2, -0.15) is 0 Å². The topological polar surface area (TPSA) is 48.6 Å². The summed E-state index contributed by atoms with van der Waals surface area (Å²) in [6.45, 7) is 7.82. The quantitative estimate of drug-likeness (QED) is 0.507. The summed E-state index contributed by atoms with van der Waals surface area (Å²) in [6.07, 6.45) is 0.994. The number of nitrogens with one attached hydrogen (secondary N) is 1. The second-order valence-corrected chi connectivity index (χ2v) is 7.52. The van der Waals surface area contributed by atoms with E-state index in [0.29, 0.717) is 6.61 Å². The molecule has 0 unspecified atom stereocenters. The van der Waals surface area contributed by atoms with Gasteiger partial charge in [0.25, 0.3) is 0 Å². The maximum Gasteiger partial charge on any atom is 0.248 e. The summed E-state index contributed by atoms with van der Waals surface area (Å²) in [7, 11) is 0. The van der Waals surface area contributed by atoms with Crippen LogP contribution in [-0.4, -0.2) is 49.2 Å². The van der Waals surface area contributed by atoms with Gasteiger partial charge in [-0.15, -0.1) is 5.92 Å². The van der Waals surface area contributed by atoms with E-state index in [9.17, 15) is 4.79 Å². The molecular formula is C25H27N3O2. The maximum atomic E-state index is 11.4. The third-order valence-electron chi connectivity index (χ3n) is 5.46. The fourth-order valence-electron chi connectivity index (χ4n) is 3.83. The first-order valence-corrected chi connectivity index (χ1v) is 10.5. The minimum atomic E-state index is -0.0842. The Bertz CT molecular complexity index is 1100. The van der Waals surface area contributed by atoms with Crippen molar-refractivity contribution in [1.82, 2.24) is 9.88 Å². The molecule has 5 nitrogen and oxygen atoms in total. The lowest BCUT2D eigenvalue weighted by molar-refractivity contribution is 0.225. The van der Waals surface area contributed by atoms with E-state index in [1.807, 2.05) is 31.2 Å². The highest BCUT2D eigenvalue weighted by atomic mass is 16.5. The highest BCUT2D eigenvalue weighted by Gasteiger charge is 2.16. The van der Waals surface area contributed by atoms with Crippen LogP contribution in [0.5, 0.6) is 5.75 Å². The van der Waals surface area contributed by atoms with Crippen LogP contribution in [0.15, 0.2) is 59.4 Å². The van der Waals surface area contributed by atoms with Gasteiger partial charge >= 0.3 is 0 Å². The largest absolute Gasteiger partial charge is 0.494 e. The third-order valence-corrected chi connectivity index (χ3v) is 5.46. The van der Waals surface area contributed by atoms with Crippen molar-refractivity contribution in [2.75, 3.05) is 44.2 Å². The van der Waals surface area contributed by atoms with E-state index in [2.05, 4.69) is 50.9 Å². The monoisotopic (exact) mass is 401 g/mol. The number of piperazine rings is 1. The van der Waals surface area contributed by atoms with E-state index in [0.717, 1.165) is 61.4 Å². The van der Waals surface area contributed by atoms with Gasteiger partial charge in [0, 0.05) is 60.9 Å². The third kappa shape index (κ3) is 5.03. The number of nitrogens with zero attached hydrogens (tertiary/aromatic N) is 2. The number of benzene rings is 2. The summed E-state index contributed by atoms with van der Waals surface area (Å²) in [5.41, 5.74) is 3.09. The molecule has 4 rings (SSSR count). The molecule has 2 aromatic carbocycles. The summed E-state index contributed by atoms with van der Waals surface area (Å²) in [5.74, 6) is 6.88. The molecule has 3 aromatic rings. The van der Waals surface area contributed by atoms with Gasteiger partial charge in [-0.05, 0) is 61.9 Å². The Balaban J connectivity index is 1.20. The number of H-pyrrole nitrogens is 1. The number of aromatic amines is 1. The molecule has 1 N–H and O–H groups in total. The summed E-state index contributed by atoms with van der Waals surface area (Å²) in [5, 5.41) is 0.984. The fraction of sp³-hybridized carbons (Fsp3) is 0.320. The molecule has 0 saturated carbocycles. The Morgan fingerprint density at radius 2 is 1.80 bits per heavy atom. The first-order valence-electron chi connectivity index (χ1n) is 10.5. The molecule has 2 heterocycles. The normalized spacial score (nSPS) is 14.4. The second-order valence-electron chi connectivity index (χ2n) is 7.52. The van der Waals surface area contributed by atoms with Gasteiger partial charge in [0.1, 0.15) is 5.75 Å². The van der Waals surface area contributed by atoms with Crippen LogP contribution >= 0.6 is 0 Å². The van der Waals surface area contributed by atoms with Crippen molar-refractivity contribution in [1.29, 1.82) is 0 Å². The summed E-state index contributed by atoms with van der Waals surface area (Å²) < 4.78 is 5.92. The van der Waals surface area contributed by atoms with Crippen LogP contribution in [-0.2, 0) is 0 Å². The van der Waals surface area contributed by atoms with Crippen molar-refractivity contribution in [3.05, 3.63) is 70.5 Å². The second kappa shape index (κ2) is 9.51. The molecule has 30 heavy (non-hydrogen) atoms. The molecule has 0 atom stereocenters. The smallest absolute Gasteiger partial charge is 0.248 e. The number of anilines is 1. The number of pyridine rings is 1. The minimum absolute atomic E-state index is 0.0842. The lowest BCUT2D eigenvalue weighted by Gasteiger charge is -2.36. The van der Waals surface area contributed by atoms with Crippen LogP contribution < -0.4 is 15.2 Å². The van der Waals surface area contributed by atoms with Gasteiger partial charge in [-0.3, -0.25) is 9.69 Å². The van der Waals surface area contributed by atoms with E-state index >= 15 is 0 Å². The van der Waals surface area contributed by atoms with E-state index in [4.69, 9.17) is 4.74 Å². The van der Waals surface area contributed by atoms with Crippen molar-refractivity contribution in [2.45, 2.75) is 13.3 Å². The average Bonchev–Trinajstić information content (AvgIpc) is 2.78. The molecule has 5 heteroatoms. The van der Waals surface area contributed by atoms with Crippen molar-refractivity contribution in [3.8, 4) is 17.6 Å². The fourth-order valence-corrected chi connectivity index (χ4v) is 3.83. The summed E-state index contributed by atoms with van der Waals surface area (Å²) in [4.78, 5) is 19.1. The highest BCUT2D eigenvalue weighted by Crippen LogP contribution is 2.19. The van der Waals surface area contributed by atoms with Gasteiger partial charge in [0.2, 0.25) is 5.56 Å². The number of rotatable bonds is 6. The summed E-state index contributed by atoms with van der Waals surface area (Å²) >= 11 is 0. The van der Waals surface area contributed by atoms with Gasteiger partial charge in [-0.1, -0.05) is 5.92 Å². The molecule has 1 aromatic heterocycles. The number of hydrogen-bond donors (Lipinski definition) is 1. The molecule has 0 bridgehead atoms. The average molecular weight is 402 g/mol. The van der Waals surface area contributed by atoms with Crippen LogP contribution in [0.1, 0.15) is 18.9 Å². The molecule has 1 aliphatic heterocycles. The Hall–Kier alpha value is -3.23. The predicted molar refractivity (Wildman–Crippen MR) is 122 cm³/mol. The highest BCUT2D eigenvalue weighted by molar-refractivity contribution is 5.79. The molecule has 1 saturated heterocycles. The van der Waals surface area contributed by atoms with E-state index in [-0.39, 0.29) is 5.56 Å². The lowest BCUT2D eigenvalue weighted by atomic mass is 10.2. The van der Waals surface area contributed by atoms with Crippen LogP contribution in [0.3, 0.4) is 0 Å². The molecule has 0 radical (unpaired) electrons. The number of ether oxygens (including phenoxy) is 1. The van der Waals surface area contributed by atoms with E-state index in [1.54, 1.807) is 6.07 Å². The minimum Gasteiger partial charge on any atom is -0.494 e. The molecule has 0 spiro atoms. The van der Waals surface area contributed by atoms with Gasteiger partial charge < -0.3 is 14.6 Å². The molecule has 154 valence electrons. The lowest BCUT2D eigenvalue weighted by Crippen LogP contribution is -2.46. The number of hydrogen-bond acceptors (Lipinski definition) is 4. The molecule has 1 aliphatic rings. The van der Waals surface area contributed by atoms with Crippen LogP contribution in [0, 0.1) is 11.8 Å². The first-order chi connectivity index (χ1) is 14.7. The summed E-state index contributed by atoms with van der Waals surface area (Å²) in [6, 6.07) is 17.7. The van der Waals surface area contributed by atoms with E-state index < -0.39 is 0 Å². The first kappa shape index (κ1) is 20.1. The van der Waals surface area contributed by atoms with Gasteiger partial charge in [0.05, 0.1) is 6.61 Å². The van der Waals surface area contributed by atoms with Crippen LogP contribution in [0.2, 0.25) is 0 Å². The maximum absolute atomic E-state index is 11.4. The molecule has 1 fully saturated rings. The zero-order valence-electron chi connectivity index (χ0n) is 17.4. The Labute approximate surface area is 177 Å². The van der Waals surface area contributed by atoms with Crippen molar-refractivity contribution in [2.24, 2.45) is 0 Å². The Kier molecular flexibility index (Phi) is 6.36. The van der Waals surface area contributed by atoms with Gasteiger partial charge in [0.15, 0.2) is 0 Å². The molecule has 0 amide bonds. The van der Waals surface area contributed by atoms with Crippen molar-refractivity contribution in [3.63, 3.8) is 0 Å². The van der Waals surface area contributed by atoms with Gasteiger partial charge in [-0.25, -0.2) is 0 Å². The molecule has 0 aliphatic carbocycles.